The standard InChI is InChI=1S/C16H24N2S/c1-2-19-16-5-3-4-15(16)18-14-9-6-11-10-12(17)7-8-13(11)14/h7-8,10,14-16,18H,2-6,9,17H2,1H3. The van der Waals surface area contributed by atoms with Crippen molar-refractivity contribution in [1.82, 2.24) is 5.32 Å². The van der Waals surface area contributed by atoms with E-state index in [0.717, 1.165) is 10.9 Å². The van der Waals surface area contributed by atoms with Crippen LogP contribution in [0.15, 0.2) is 18.2 Å². The SMILES string of the molecule is CCSC1CCCC1NC1CCc2cc(N)ccc21. The highest BCUT2D eigenvalue weighted by Crippen LogP contribution is 2.36. The smallest absolute Gasteiger partial charge is 0.0329 e. The number of hydrogen-bond acceptors (Lipinski definition) is 3. The highest BCUT2D eigenvalue weighted by molar-refractivity contribution is 7.99. The van der Waals surface area contributed by atoms with E-state index >= 15 is 0 Å². The zero-order valence-electron chi connectivity index (χ0n) is 11.7. The average molecular weight is 276 g/mol. The molecule has 1 aromatic carbocycles. The lowest BCUT2D eigenvalue weighted by Crippen LogP contribution is -2.36. The van der Waals surface area contributed by atoms with Crippen LogP contribution >= 0.6 is 11.8 Å². The third-order valence-corrected chi connectivity index (χ3v) is 5.82. The van der Waals surface area contributed by atoms with Gasteiger partial charge in [0.2, 0.25) is 0 Å². The number of nitrogen functional groups attached to an aromatic ring is 1. The van der Waals surface area contributed by atoms with Gasteiger partial charge in [0, 0.05) is 23.0 Å². The van der Waals surface area contributed by atoms with E-state index in [0.29, 0.717) is 12.1 Å². The molecule has 0 bridgehead atoms. The molecule has 3 unspecified atom stereocenters. The minimum Gasteiger partial charge on any atom is -0.399 e. The molecule has 0 heterocycles. The van der Waals surface area contributed by atoms with Crippen molar-refractivity contribution in [2.45, 2.75) is 56.4 Å². The second-order valence-electron chi connectivity index (χ2n) is 5.75. The molecular weight excluding hydrogens is 252 g/mol. The number of thioether (sulfide) groups is 1. The van der Waals surface area contributed by atoms with E-state index in [4.69, 9.17) is 5.73 Å². The van der Waals surface area contributed by atoms with Crippen molar-refractivity contribution in [3.63, 3.8) is 0 Å². The summed E-state index contributed by atoms with van der Waals surface area (Å²) in [6.07, 6.45) is 6.53. The Morgan fingerprint density at radius 2 is 2.21 bits per heavy atom. The molecule has 19 heavy (non-hydrogen) atoms. The van der Waals surface area contributed by atoms with Crippen molar-refractivity contribution >= 4 is 17.4 Å². The molecule has 3 N–H and O–H groups in total. The van der Waals surface area contributed by atoms with E-state index in [1.54, 1.807) is 0 Å². The minimum absolute atomic E-state index is 0.554. The summed E-state index contributed by atoms with van der Waals surface area (Å²) in [6, 6.07) is 7.69. The van der Waals surface area contributed by atoms with E-state index in [1.165, 1.54) is 49.0 Å². The molecule has 2 aliphatic carbocycles. The third kappa shape index (κ3) is 2.77. The first-order chi connectivity index (χ1) is 9.28. The highest BCUT2D eigenvalue weighted by atomic mass is 32.2. The predicted octanol–water partition coefficient (Wildman–Crippen LogP) is 3.52. The molecule has 104 valence electrons. The van der Waals surface area contributed by atoms with Gasteiger partial charge in [-0.25, -0.2) is 0 Å². The van der Waals surface area contributed by atoms with Crippen molar-refractivity contribution in [2.24, 2.45) is 0 Å². The molecule has 0 saturated heterocycles. The number of benzene rings is 1. The van der Waals surface area contributed by atoms with E-state index in [2.05, 4.69) is 36.1 Å². The Balaban J connectivity index is 1.69. The fourth-order valence-corrected chi connectivity index (χ4v) is 4.81. The van der Waals surface area contributed by atoms with Gasteiger partial charge >= 0.3 is 0 Å². The zero-order chi connectivity index (χ0) is 13.2. The molecule has 2 aliphatic rings. The second kappa shape index (κ2) is 5.76. The number of anilines is 1. The number of hydrogen-bond donors (Lipinski definition) is 2. The minimum atomic E-state index is 0.554. The van der Waals surface area contributed by atoms with Crippen LogP contribution in [0.1, 0.15) is 49.8 Å². The Labute approximate surface area is 120 Å². The quantitative estimate of drug-likeness (QED) is 0.826. The number of rotatable bonds is 4. The molecule has 1 aromatic rings. The van der Waals surface area contributed by atoms with Gasteiger partial charge in [0.1, 0.15) is 0 Å². The summed E-state index contributed by atoms with van der Waals surface area (Å²) in [6.45, 7) is 2.27. The molecule has 2 nitrogen and oxygen atoms in total. The maximum Gasteiger partial charge on any atom is 0.0329 e. The highest BCUT2D eigenvalue weighted by Gasteiger charge is 2.31. The Bertz CT molecular complexity index is 446. The maximum atomic E-state index is 5.88. The molecule has 3 heteroatoms. The predicted molar refractivity (Wildman–Crippen MR) is 84.6 cm³/mol. The van der Waals surface area contributed by atoms with Crippen LogP contribution in [0, 0.1) is 0 Å². The molecule has 0 spiro atoms. The Kier molecular flexibility index (Phi) is 4.04. The van der Waals surface area contributed by atoms with Gasteiger partial charge in [-0.15, -0.1) is 0 Å². The first kappa shape index (κ1) is 13.3. The molecular formula is C16H24N2S. The van der Waals surface area contributed by atoms with Gasteiger partial charge in [0.15, 0.2) is 0 Å². The van der Waals surface area contributed by atoms with Crippen molar-refractivity contribution in [1.29, 1.82) is 0 Å². The van der Waals surface area contributed by atoms with Crippen LogP contribution in [0.5, 0.6) is 0 Å². The average Bonchev–Trinajstić information content (AvgIpc) is 2.98. The molecule has 0 radical (unpaired) electrons. The topological polar surface area (TPSA) is 38.0 Å². The van der Waals surface area contributed by atoms with Gasteiger partial charge in [-0.3, -0.25) is 0 Å². The van der Waals surface area contributed by atoms with Gasteiger partial charge in [-0.2, -0.15) is 11.8 Å². The van der Waals surface area contributed by atoms with Crippen LogP contribution < -0.4 is 11.1 Å². The molecule has 1 saturated carbocycles. The van der Waals surface area contributed by atoms with Crippen LogP contribution in [-0.2, 0) is 6.42 Å². The summed E-state index contributed by atoms with van der Waals surface area (Å²) in [7, 11) is 0. The van der Waals surface area contributed by atoms with E-state index in [1.807, 2.05) is 6.07 Å². The molecule has 0 aliphatic heterocycles. The molecule has 3 atom stereocenters. The van der Waals surface area contributed by atoms with Crippen molar-refractivity contribution in [2.75, 3.05) is 11.5 Å². The number of nitrogens with one attached hydrogen (secondary N) is 1. The summed E-state index contributed by atoms with van der Waals surface area (Å²) in [5.74, 6) is 1.24. The molecule has 1 fully saturated rings. The van der Waals surface area contributed by atoms with Gasteiger partial charge < -0.3 is 11.1 Å². The monoisotopic (exact) mass is 276 g/mol. The number of aryl methyl sites for hydroxylation is 1. The van der Waals surface area contributed by atoms with Gasteiger partial charge in [-0.1, -0.05) is 19.4 Å². The fourth-order valence-electron chi connectivity index (χ4n) is 3.60. The number of nitrogens with two attached hydrogens (primary N) is 1. The van der Waals surface area contributed by atoms with Crippen molar-refractivity contribution in [3.05, 3.63) is 29.3 Å². The summed E-state index contributed by atoms with van der Waals surface area (Å²) in [5.41, 5.74) is 9.72. The van der Waals surface area contributed by atoms with E-state index in [9.17, 15) is 0 Å². The molecule has 0 aromatic heterocycles. The lowest BCUT2D eigenvalue weighted by Gasteiger charge is -2.25. The zero-order valence-corrected chi connectivity index (χ0v) is 12.5. The van der Waals surface area contributed by atoms with Gasteiger partial charge in [0.25, 0.3) is 0 Å². The van der Waals surface area contributed by atoms with Crippen LogP contribution in [0.25, 0.3) is 0 Å². The first-order valence-corrected chi connectivity index (χ1v) is 8.58. The lowest BCUT2D eigenvalue weighted by molar-refractivity contribution is 0.443. The molecule has 0 amide bonds. The molecule has 3 rings (SSSR count). The Morgan fingerprint density at radius 3 is 3.05 bits per heavy atom. The van der Waals surface area contributed by atoms with Crippen LogP contribution in [-0.4, -0.2) is 17.0 Å². The second-order valence-corrected chi connectivity index (χ2v) is 7.26. The number of fused-ring (bicyclic) bond motifs is 1. The van der Waals surface area contributed by atoms with Gasteiger partial charge in [-0.05, 0) is 54.7 Å². The Morgan fingerprint density at radius 1 is 1.32 bits per heavy atom. The van der Waals surface area contributed by atoms with Crippen LogP contribution in [0.4, 0.5) is 5.69 Å². The largest absolute Gasteiger partial charge is 0.399 e. The van der Waals surface area contributed by atoms with E-state index in [-0.39, 0.29) is 0 Å². The van der Waals surface area contributed by atoms with Gasteiger partial charge in [0.05, 0.1) is 0 Å². The van der Waals surface area contributed by atoms with Crippen LogP contribution in [0.2, 0.25) is 0 Å². The first-order valence-electron chi connectivity index (χ1n) is 7.54. The summed E-state index contributed by atoms with van der Waals surface area (Å²) in [5, 5.41) is 4.75. The summed E-state index contributed by atoms with van der Waals surface area (Å²) < 4.78 is 0. The normalized spacial score (nSPS) is 29.6. The lowest BCUT2D eigenvalue weighted by atomic mass is 10.1. The fraction of sp³-hybridized carbons (Fsp3) is 0.625. The summed E-state index contributed by atoms with van der Waals surface area (Å²) in [4.78, 5) is 0. The van der Waals surface area contributed by atoms with Crippen LogP contribution in [0.3, 0.4) is 0 Å². The third-order valence-electron chi connectivity index (χ3n) is 4.49. The summed E-state index contributed by atoms with van der Waals surface area (Å²) >= 11 is 2.13. The maximum absolute atomic E-state index is 5.88. The van der Waals surface area contributed by atoms with E-state index < -0.39 is 0 Å². The van der Waals surface area contributed by atoms with Crippen molar-refractivity contribution < 1.29 is 0 Å². The van der Waals surface area contributed by atoms with Crippen molar-refractivity contribution in [3.8, 4) is 0 Å². The Hall–Kier alpha value is -0.670.